The van der Waals surface area contributed by atoms with E-state index in [4.69, 9.17) is 9.47 Å². The fourth-order valence-corrected chi connectivity index (χ4v) is 3.43. The van der Waals surface area contributed by atoms with Gasteiger partial charge < -0.3 is 20.1 Å². The highest BCUT2D eigenvalue weighted by Crippen LogP contribution is 2.29. The van der Waals surface area contributed by atoms with Crippen molar-refractivity contribution in [1.82, 2.24) is 10.6 Å². The Morgan fingerprint density at radius 1 is 1.27 bits per heavy atom. The van der Waals surface area contributed by atoms with E-state index in [0.29, 0.717) is 41.3 Å². The van der Waals surface area contributed by atoms with Crippen LogP contribution in [0.1, 0.15) is 25.7 Å². The number of hydrogen-bond donors (Lipinski definition) is 2. The van der Waals surface area contributed by atoms with Crippen molar-refractivity contribution in [1.29, 1.82) is 0 Å². The van der Waals surface area contributed by atoms with Gasteiger partial charge in [-0.1, -0.05) is 0 Å². The number of ether oxygens (including phenoxy) is 2. The van der Waals surface area contributed by atoms with Gasteiger partial charge in [-0.05, 0) is 43.2 Å². The van der Waals surface area contributed by atoms with Crippen molar-refractivity contribution < 1.29 is 23.5 Å². The second-order valence-corrected chi connectivity index (χ2v) is 7.14. The lowest BCUT2D eigenvalue weighted by atomic mass is 10.1. The van der Waals surface area contributed by atoms with Gasteiger partial charge in [0.2, 0.25) is 5.91 Å². The third kappa shape index (κ3) is 4.59. The summed E-state index contributed by atoms with van der Waals surface area (Å²) in [6.07, 6.45) is 0.421. The van der Waals surface area contributed by atoms with Crippen LogP contribution in [0, 0.1) is 12.7 Å². The van der Waals surface area contributed by atoms with Gasteiger partial charge in [-0.25, -0.2) is 4.39 Å². The first-order valence-electron chi connectivity index (χ1n) is 8.16. The van der Waals surface area contributed by atoms with Crippen LogP contribution in [0.4, 0.5) is 4.39 Å². The van der Waals surface area contributed by atoms with Crippen LogP contribution in [0.15, 0.2) is 24.3 Å². The molecule has 26 heavy (non-hydrogen) atoms. The smallest absolute Gasteiger partial charge is 0.261 e. The number of fused-ring (bicyclic) bond motifs is 1. The minimum atomic E-state index is -0.363. The second-order valence-electron chi connectivity index (χ2n) is 5.86. The molecule has 0 spiro atoms. The zero-order valence-electron chi connectivity index (χ0n) is 14.3. The maximum absolute atomic E-state index is 13.7. The maximum Gasteiger partial charge on any atom is 0.261 e. The molecule has 0 bridgehead atoms. The van der Waals surface area contributed by atoms with Gasteiger partial charge in [0.05, 0.1) is 18.0 Å². The average Bonchev–Trinajstić information content (AvgIpc) is 3.06. The predicted octanol–water partition coefficient (Wildman–Crippen LogP) is 2.15. The van der Waals surface area contributed by atoms with E-state index in [2.05, 4.69) is 10.6 Å². The molecule has 3 rings (SSSR count). The molecule has 138 valence electrons. The molecule has 2 N–H and O–H groups in total. The number of nitrogens with one attached hydrogen (secondary N) is 2. The summed E-state index contributed by atoms with van der Waals surface area (Å²) in [5.41, 5.74) is 1.35. The Labute approximate surface area is 154 Å². The van der Waals surface area contributed by atoms with Crippen LogP contribution >= 0.6 is 11.3 Å². The second kappa shape index (κ2) is 8.29. The molecule has 6 nitrogen and oxygen atoms in total. The molecule has 0 radical (unpaired) electrons. The Morgan fingerprint density at radius 2 is 2.12 bits per heavy atom. The number of carbonyl (C=O) groups is 2. The lowest BCUT2D eigenvalue weighted by Gasteiger charge is -2.21. The molecule has 2 amide bonds. The summed E-state index contributed by atoms with van der Waals surface area (Å²) < 4.78 is 24.3. The van der Waals surface area contributed by atoms with Gasteiger partial charge in [-0.2, -0.15) is 0 Å². The molecule has 1 aromatic heterocycles. The Balaban J connectivity index is 1.47. The Bertz CT molecular complexity index is 822. The van der Waals surface area contributed by atoms with Crippen LogP contribution in [-0.4, -0.2) is 31.7 Å². The fourth-order valence-electron chi connectivity index (χ4n) is 2.65. The van der Waals surface area contributed by atoms with Crippen LogP contribution in [0.5, 0.6) is 5.75 Å². The van der Waals surface area contributed by atoms with E-state index in [1.165, 1.54) is 23.5 Å². The molecule has 1 aliphatic heterocycles. The molecule has 0 fully saturated rings. The highest BCUT2D eigenvalue weighted by molar-refractivity contribution is 7.13. The molecule has 1 aliphatic rings. The van der Waals surface area contributed by atoms with Crippen LogP contribution in [0.25, 0.3) is 0 Å². The first kappa shape index (κ1) is 18.3. The van der Waals surface area contributed by atoms with Crippen molar-refractivity contribution in [3.05, 3.63) is 51.0 Å². The lowest BCUT2D eigenvalue weighted by molar-refractivity contribution is -0.120. The monoisotopic (exact) mass is 378 g/mol. The van der Waals surface area contributed by atoms with E-state index in [1.807, 2.05) is 13.0 Å². The standard InChI is InChI=1S/C18H19FN2O4S/c1-11-2-3-15(26-11)18(23)21-8-16(22)20-5-4-12-6-14(19)7-13-9-24-10-25-17(12)13/h2-3,6-7H,4-5,8-10H2,1H3,(H,20,22)(H,21,23). The average molecular weight is 378 g/mol. The number of halogens is 1. The van der Waals surface area contributed by atoms with Crippen molar-refractivity contribution in [2.45, 2.75) is 20.0 Å². The third-order valence-corrected chi connectivity index (χ3v) is 4.84. The summed E-state index contributed by atoms with van der Waals surface area (Å²) >= 11 is 1.37. The predicted molar refractivity (Wildman–Crippen MR) is 94.8 cm³/mol. The number of rotatable bonds is 6. The van der Waals surface area contributed by atoms with Gasteiger partial charge in [-0.3, -0.25) is 9.59 Å². The number of hydrogen-bond acceptors (Lipinski definition) is 5. The van der Waals surface area contributed by atoms with E-state index in [1.54, 1.807) is 6.07 Å². The van der Waals surface area contributed by atoms with Crippen molar-refractivity contribution >= 4 is 23.2 Å². The van der Waals surface area contributed by atoms with Crippen molar-refractivity contribution in [3.8, 4) is 5.75 Å². The molecule has 0 aliphatic carbocycles. The number of amides is 2. The number of benzene rings is 1. The fraction of sp³-hybridized carbons (Fsp3) is 0.333. The van der Waals surface area contributed by atoms with Crippen LogP contribution < -0.4 is 15.4 Å². The first-order valence-corrected chi connectivity index (χ1v) is 8.98. The summed E-state index contributed by atoms with van der Waals surface area (Å²) in [6.45, 7) is 2.55. The molecule has 2 heterocycles. The van der Waals surface area contributed by atoms with E-state index < -0.39 is 0 Å². The van der Waals surface area contributed by atoms with E-state index in [0.717, 1.165) is 4.88 Å². The minimum Gasteiger partial charge on any atom is -0.467 e. The normalized spacial score (nSPS) is 12.8. The largest absolute Gasteiger partial charge is 0.467 e. The molecular weight excluding hydrogens is 359 g/mol. The van der Waals surface area contributed by atoms with E-state index in [-0.39, 0.29) is 31.0 Å². The molecule has 2 aromatic rings. The van der Waals surface area contributed by atoms with Gasteiger partial charge in [0.1, 0.15) is 11.6 Å². The molecular formula is C18H19FN2O4S. The summed E-state index contributed by atoms with van der Waals surface area (Å²) in [5, 5.41) is 5.29. The Hall–Kier alpha value is -2.45. The highest BCUT2D eigenvalue weighted by Gasteiger charge is 2.17. The molecule has 0 atom stereocenters. The zero-order chi connectivity index (χ0) is 18.5. The Kier molecular flexibility index (Phi) is 5.85. The number of thiophene rings is 1. The third-order valence-electron chi connectivity index (χ3n) is 3.84. The molecule has 0 unspecified atom stereocenters. The maximum atomic E-state index is 13.7. The van der Waals surface area contributed by atoms with Gasteiger partial charge in [0.15, 0.2) is 6.79 Å². The highest BCUT2D eigenvalue weighted by atomic mass is 32.1. The lowest BCUT2D eigenvalue weighted by Crippen LogP contribution is -2.37. The van der Waals surface area contributed by atoms with Crippen LogP contribution in [0.3, 0.4) is 0 Å². The van der Waals surface area contributed by atoms with Crippen LogP contribution in [0.2, 0.25) is 0 Å². The molecule has 0 saturated heterocycles. The van der Waals surface area contributed by atoms with E-state index >= 15 is 0 Å². The summed E-state index contributed by atoms with van der Waals surface area (Å²) in [6, 6.07) is 6.37. The van der Waals surface area contributed by atoms with Crippen LogP contribution in [-0.2, 0) is 22.6 Å². The minimum absolute atomic E-state index is 0.110. The van der Waals surface area contributed by atoms with Gasteiger partial charge >= 0.3 is 0 Å². The van der Waals surface area contributed by atoms with Crippen molar-refractivity contribution in [2.24, 2.45) is 0 Å². The van der Waals surface area contributed by atoms with Gasteiger partial charge in [-0.15, -0.1) is 11.3 Å². The molecule has 0 saturated carbocycles. The zero-order valence-corrected chi connectivity index (χ0v) is 15.1. The van der Waals surface area contributed by atoms with E-state index in [9.17, 15) is 14.0 Å². The van der Waals surface area contributed by atoms with Gasteiger partial charge in [0.25, 0.3) is 5.91 Å². The van der Waals surface area contributed by atoms with Gasteiger partial charge in [0, 0.05) is 17.0 Å². The first-order chi connectivity index (χ1) is 12.5. The summed E-state index contributed by atoms with van der Waals surface area (Å²) in [4.78, 5) is 25.4. The van der Waals surface area contributed by atoms with Crippen molar-refractivity contribution in [2.75, 3.05) is 19.9 Å². The summed E-state index contributed by atoms with van der Waals surface area (Å²) in [5.74, 6) is -0.321. The Morgan fingerprint density at radius 3 is 2.88 bits per heavy atom. The summed E-state index contributed by atoms with van der Waals surface area (Å²) in [7, 11) is 0. The number of carbonyl (C=O) groups excluding carboxylic acids is 2. The topological polar surface area (TPSA) is 76.7 Å². The molecule has 1 aromatic carbocycles. The quantitative estimate of drug-likeness (QED) is 0.808. The SMILES string of the molecule is Cc1ccc(C(=O)NCC(=O)NCCc2cc(F)cc3c2OCOC3)s1. The van der Waals surface area contributed by atoms with Crippen molar-refractivity contribution in [3.63, 3.8) is 0 Å². The molecule has 8 heteroatoms. The number of aryl methyl sites for hydroxylation is 1.